The van der Waals surface area contributed by atoms with Gasteiger partial charge in [0.15, 0.2) is 0 Å². The fourth-order valence-electron chi connectivity index (χ4n) is 4.61. The molecule has 0 bridgehead atoms. The molecule has 2 aromatic rings. The molecule has 2 heterocycles. The van der Waals surface area contributed by atoms with Crippen LogP contribution in [-0.2, 0) is 6.42 Å². The average molecular weight is 273 g/mol. The molecule has 104 valence electrons. The Morgan fingerprint density at radius 3 is 2.90 bits per heavy atom. The Labute approximate surface area is 125 Å². The van der Waals surface area contributed by atoms with Crippen LogP contribution in [0.25, 0.3) is 6.08 Å². The zero-order valence-corrected chi connectivity index (χ0v) is 12.5. The lowest BCUT2D eigenvalue weighted by Gasteiger charge is -2.53. The van der Waals surface area contributed by atoms with Crippen LogP contribution in [0.2, 0.25) is 0 Å². The molecular formula is C20H19N. The molecule has 0 N–H and O–H groups in total. The molecule has 1 heteroatoms. The first kappa shape index (κ1) is 11.6. The lowest BCUT2D eigenvalue weighted by molar-refractivity contribution is 0.420. The predicted molar refractivity (Wildman–Crippen MR) is 87.8 cm³/mol. The van der Waals surface area contributed by atoms with Gasteiger partial charge >= 0.3 is 0 Å². The summed E-state index contributed by atoms with van der Waals surface area (Å²) in [6.45, 7) is 4.63. The summed E-state index contributed by atoms with van der Waals surface area (Å²) in [6.07, 6.45) is 5.94. The molecule has 0 amide bonds. The highest BCUT2D eigenvalue weighted by Gasteiger charge is 2.45. The first-order valence-electron chi connectivity index (χ1n) is 7.93. The van der Waals surface area contributed by atoms with Crippen LogP contribution in [0.3, 0.4) is 0 Å². The van der Waals surface area contributed by atoms with E-state index in [9.17, 15) is 0 Å². The molecule has 1 nitrogen and oxygen atoms in total. The Bertz CT molecular complexity index is 786. The second-order valence-corrected chi connectivity index (χ2v) is 6.75. The van der Waals surface area contributed by atoms with Crippen molar-refractivity contribution in [2.24, 2.45) is 0 Å². The molecule has 2 aromatic carbocycles. The summed E-state index contributed by atoms with van der Waals surface area (Å²) < 4.78 is 0. The van der Waals surface area contributed by atoms with Crippen LogP contribution in [0.1, 0.15) is 46.7 Å². The highest BCUT2D eigenvalue weighted by Crippen LogP contribution is 2.53. The lowest BCUT2D eigenvalue weighted by atomic mass is 9.66. The van der Waals surface area contributed by atoms with E-state index in [0.29, 0.717) is 18.0 Å². The maximum Gasteiger partial charge on any atom is 0.0736 e. The van der Waals surface area contributed by atoms with Crippen LogP contribution in [0.5, 0.6) is 0 Å². The normalized spacial score (nSPS) is 27.5. The third kappa shape index (κ3) is 1.37. The van der Waals surface area contributed by atoms with Crippen molar-refractivity contribution < 1.29 is 0 Å². The number of benzene rings is 2. The Morgan fingerprint density at radius 2 is 2.00 bits per heavy atom. The van der Waals surface area contributed by atoms with E-state index in [-0.39, 0.29) is 0 Å². The lowest BCUT2D eigenvalue weighted by Crippen LogP contribution is -2.49. The minimum Gasteiger partial charge on any atom is -0.357 e. The number of para-hydroxylation sites is 1. The van der Waals surface area contributed by atoms with Crippen molar-refractivity contribution in [1.82, 2.24) is 0 Å². The van der Waals surface area contributed by atoms with Gasteiger partial charge in [-0.2, -0.15) is 0 Å². The van der Waals surface area contributed by atoms with Gasteiger partial charge in [-0.1, -0.05) is 48.0 Å². The largest absolute Gasteiger partial charge is 0.357 e. The van der Waals surface area contributed by atoms with E-state index in [1.54, 1.807) is 16.7 Å². The summed E-state index contributed by atoms with van der Waals surface area (Å²) in [5, 5.41) is 0. The smallest absolute Gasteiger partial charge is 0.0736 e. The van der Waals surface area contributed by atoms with Crippen LogP contribution in [-0.4, -0.2) is 6.04 Å². The highest BCUT2D eigenvalue weighted by molar-refractivity contribution is 5.75. The Kier molecular flexibility index (Phi) is 2.10. The van der Waals surface area contributed by atoms with Gasteiger partial charge in [0, 0.05) is 17.6 Å². The van der Waals surface area contributed by atoms with Crippen molar-refractivity contribution in [1.29, 1.82) is 0 Å². The van der Waals surface area contributed by atoms with Crippen LogP contribution in [0.4, 0.5) is 5.69 Å². The first-order chi connectivity index (χ1) is 10.2. The van der Waals surface area contributed by atoms with Gasteiger partial charge in [0.2, 0.25) is 0 Å². The SMILES string of the molecule is Cc1cc2c3c(c1)C1C=Cc4ccccc4N1C(C)[C@@H]3C2. The monoisotopic (exact) mass is 273 g/mol. The van der Waals surface area contributed by atoms with E-state index in [1.807, 2.05) is 0 Å². The van der Waals surface area contributed by atoms with Gasteiger partial charge in [0.1, 0.15) is 0 Å². The maximum atomic E-state index is 2.64. The third-order valence-electron chi connectivity index (χ3n) is 5.57. The summed E-state index contributed by atoms with van der Waals surface area (Å²) in [7, 11) is 0. The van der Waals surface area contributed by atoms with Gasteiger partial charge in [-0.15, -0.1) is 0 Å². The predicted octanol–water partition coefficient (Wildman–Crippen LogP) is 4.61. The number of nitrogens with zero attached hydrogens (tertiary/aromatic N) is 1. The summed E-state index contributed by atoms with van der Waals surface area (Å²) in [4.78, 5) is 2.64. The van der Waals surface area contributed by atoms with Crippen molar-refractivity contribution in [2.75, 3.05) is 4.90 Å². The minimum absolute atomic E-state index is 0.417. The third-order valence-corrected chi connectivity index (χ3v) is 5.57. The van der Waals surface area contributed by atoms with Crippen molar-refractivity contribution in [3.63, 3.8) is 0 Å². The van der Waals surface area contributed by atoms with E-state index in [0.717, 1.165) is 0 Å². The summed E-state index contributed by atoms with van der Waals surface area (Å²) in [6, 6.07) is 14.6. The topological polar surface area (TPSA) is 3.24 Å². The average Bonchev–Trinajstić information content (AvgIpc) is 2.47. The van der Waals surface area contributed by atoms with Gasteiger partial charge in [0.05, 0.1) is 6.04 Å². The van der Waals surface area contributed by atoms with E-state index in [1.165, 1.54) is 23.2 Å². The van der Waals surface area contributed by atoms with Crippen molar-refractivity contribution in [3.8, 4) is 0 Å². The molecule has 1 aliphatic carbocycles. The van der Waals surface area contributed by atoms with Crippen LogP contribution < -0.4 is 4.90 Å². The van der Waals surface area contributed by atoms with Gasteiger partial charge < -0.3 is 4.90 Å². The highest BCUT2D eigenvalue weighted by atomic mass is 15.2. The zero-order valence-electron chi connectivity index (χ0n) is 12.5. The van der Waals surface area contributed by atoms with E-state index in [4.69, 9.17) is 0 Å². The van der Waals surface area contributed by atoms with Crippen LogP contribution >= 0.6 is 0 Å². The van der Waals surface area contributed by atoms with Crippen molar-refractivity contribution in [3.05, 3.63) is 70.3 Å². The van der Waals surface area contributed by atoms with Crippen LogP contribution in [0.15, 0.2) is 42.5 Å². The quantitative estimate of drug-likeness (QED) is 0.677. The maximum absolute atomic E-state index is 2.64. The molecule has 5 rings (SSSR count). The molecule has 0 spiro atoms. The Hall–Kier alpha value is -2.02. The molecule has 3 aliphatic rings. The number of fused-ring (bicyclic) bond motifs is 4. The molecule has 0 aromatic heterocycles. The van der Waals surface area contributed by atoms with Crippen LogP contribution in [0, 0.1) is 6.92 Å². The fraction of sp³-hybridized carbons (Fsp3) is 0.300. The molecule has 2 aliphatic heterocycles. The second-order valence-electron chi connectivity index (χ2n) is 6.75. The van der Waals surface area contributed by atoms with Gasteiger partial charge in [-0.3, -0.25) is 0 Å². The molecule has 0 saturated heterocycles. The Balaban J connectivity index is 1.76. The summed E-state index contributed by atoms with van der Waals surface area (Å²) >= 11 is 0. The molecule has 0 saturated carbocycles. The second kappa shape index (κ2) is 3.79. The molecule has 0 fully saturated rings. The van der Waals surface area contributed by atoms with E-state index in [2.05, 4.69) is 67.3 Å². The molecule has 3 atom stereocenters. The molecule has 0 radical (unpaired) electrons. The van der Waals surface area contributed by atoms with Crippen molar-refractivity contribution in [2.45, 2.75) is 38.3 Å². The van der Waals surface area contributed by atoms with E-state index >= 15 is 0 Å². The molecule has 2 unspecified atom stereocenters. The molecular weight excluding hydrogens is 254 g/mol. The first-order valence-corrected chi connectivity index (χ1v) is 7.93. The number of hydrogen-bond donors (Lipinski definition) is 0. The summed E-state index contributed by atoms with van der Waals surface area (Å²) in [5.41, 5.74) is 8.95. The fourth-order valence-corrected chi connectivity index (χ4v) is 4.61. The zero-order chi connectivity index (χ0) is 14.1. The summed E-state index contributed by atoms with van der Waals surface area (Å²) in [5.74, 6) is 0.714. The van der Waals surface area contributed by atoms with Gasteiger partial charge in [0.25, 0.3) is 0 Å². The number of anilines is 1. The standard InChI is InChI=1S/C20H19N/c1-12-9-15-11-16-13(2)21-18-6-4-3-5-14(18)7-8-19(21)17(10-12)20(15)16/h3-10,13,16,19H,11H2,1-2H3/t13?,16-,19?/m0/s1. The number of aryl methyl sites for hydroxylation is 1. The number of rotatable bonds is 0. The van der Waals surface area contributed by atoms with E-state index < -0.39 is 0 Å². The molecule has 21 heavy (non-hydrogen) atoms. The Morgan fingerprint density at radius 1 is 1.14 bits per heavy atom. The number of hydrogen-bond acceptors (Lipinski definition) is 1. The van der Waals surface area contributed by atoms with Gasteiger partial charge in [-0.05, 0) is 48.6 Å². The minimum atomic E-state index is 0.417. The van der Waals surface area contributed by atoms with Crippen molar-refractivity contribution >= 4 is 11.8 Å². The van der Waals surface area contributed by atoms with Gasteiger partial charge in [-0.25, -0.2) is 0 Å².